The van der Waals surface area contributed by atoms with Crippen molar-refractivity contribution in [3.63, 3.8) is 0 Å². The standard InChI is InChI=1S/C19H14F6N2O2/c20-18(21,22)12-7-13(19(23,24)25)9-15(8-12)27-17(29)11-3-5-14(6-4-11)26-16(28)10-1-2-10/h3-10H,1-2H2,(H,26,28)(H,27,29). The second-order valence-electron chi connectivity index (χ2n) is 6.59. The molecule has 1 saturated carbocycles. The van der Waals surface area contributed by atoms with Gasteiger partial charge in [0.1, 0.15) is 0 Å². The predicted octanol–water partition coefficient (Wildman–Crippen LogP) is 5.33. The Kier molecular flexibility index (Phi) is 5.29. The van der Waals surface area contributed by atoms with Gasteiger partial charge >= 0.3 is 12.4 Å². The maximum absolute atomic E-state index is 12.9. The molecule has 2 aromatic rings. The monoisotopic (exact) mass is 416 g/mol. The SMILES string of the molecule is O=C(Nc1cc(C(F)(F)F)cc(C(F)(F)F)c1)c1ccc(NC(=O)C2CC2)cc1. The molecule has 0 radical (unpaired) electrons. The lowest BCUT2D eigenvalue weighted by Gasteiger charge is -2.15. The number of nitrogens with one attached hydrogen (secondary N) is 2. The largest absolute Gasteiger partial charge is 0.416 e. The lowest BCUT2D eigenvalue weighted by Crippen LogP contribution is -2.16. The van der Waals surface area contributed by atoms with E-state index < -0.39 is 35.1 Å². The van der Waals surface area contributed by atoms with Crippen LogP contribution in [-0.4, -0.2) is 11.8 Å². The number of carbonyl (C=O) groups excluding carboxylic acids is 2. The minimum Gasteiger partial charge on any atom is -0.326 e. The van der Waals surface area contributed by atoms with Crippen LogP contribution in [0.5, 0.6) is 0 Å². The number of hydrogen-bond donors (Lipinski definition) is 2. The summed E-state index contributed by atoms with van der Waals surface area (Å²) in [5.74, 6) is -1.06. The first-order valence-electron chi connectivity index (χ1n) is 8.45. The first kappa shape index (κ1) is 20.7. The van der Waals surface area contributed by atoms with E-state index in [1.165, 1.54) is 24.3 Å². The van der Waals surface area contributed by atoms with Gasteiger partial charge in [0.15, 0.2) is 0 Å². The molecule has 0 spiro atoms. The molecule has 0 saturated heterocycles. The third kappa shape index (κ3) is 5.27. The molecule has 0 unspecified atom stereocenters. The second-order valence-corrected chi connectivity index (χ2v) is 6.59. The number of rotatable bonds is 4. The molecular formula is C19H14F6N2O2. The molecule has 1 fully saturated rings. The maximum Gasteiger partial charge on any atom is 0.416 e. The van der Waals surface area contributed by atoms with Crippen LogP contribution in [0.4, 0.5) is 37.7 Å². The number of halogens is 6. The van der Waals surface area contributed by atoms with E-state index in [-0.39, 0.29) is 23.5 Å². The fraction of sp³-hybridized carbons (Fsp3) is 0.263. The summed E-state index contributed by atoms with van der Waals surface area (Å²) in [5.41, 5.74) is -3.26. The van der Waals surface area contributed by atoms with Gasteiger partial charge < -0.3 is 10.6 Å². The average Bonchev–Trinajstić information content (AvgIpc) is 3.45. The number of carbonyl (C=O) groups is 2. The Bertz CT molecular complexity index is 899. The van der Waals surface area contributed by atoms with E-state index in [0.29, 0.717) is 17.8 Å². The molecule has 0 aliphatic heterocycles. The third-order valence-corrected chi connectivity index (χ3v) is 4.21. The van der Waals surface area contributed by atoms with E-state index in [0.717, 1.165) is 12.8 Å². The molecule has 3 rings (SSSR count). The van der Waals surface area contributed by atoms with Crippen LogP contribution in [0.15, 0.2) is 42.5 Å². The molecule has 2 amide bonds. The van der Waals surface area contributed by atoms with Gasteiger partial charge in [0.25, 0.3) is 5.91 Å². The fourth-order valence-corrected chi connectivity index (χ4v) is 2.53. The Balaban J connectivity index is 1.78. The Morgan fingerprint density at radius 3 is 1.72 bits per heavy atom. The van der Waals surface area contributed by atoms with Gasteiger partial charge in [-0.3, -0.25) is 9.59 Å². The van der Waals surface area contributed by atoms with Crippen LogP contribution in [-0.2, 0) is 17.1 Å². The Morgan fingerprint density at radius 1 is 0.759 bits per heavy atom. The number of alkyl halides is 6. The normalized spacial score (nSPS) is 14.4. The van der Waals surface area contributed by atoms with Crippen LogP contribution < -0.4 is 10.6 Å². The third-order valence-electron chi connectivity index (χ3n) is 4.21. The molecular weight excluding hydrogens is 402 g/mol. The topological polar surface area (TPSA) is 58.2 Å². The zero-order valence-electron chi connectivity index (χ0n) is 14.6. The molecule has 10 heteroatoms. The first-order chi connectivity index (χ1) is 13.4. The van der Waals surface area contributed by atoms with E-state index in [1.54, 1.807) is 0 Å². The average molecular weight is 416 g/mol. The van der Waals surface area contributed by atoms with Gasteiger partial charge in [0.2, 0.25) is 5.91 Å². The second kappa shape index (κ2) is 7.41. The van der Waals surface area contributed by atoms with Crippen molar-refractivity contribution >= 4 is 23.2 Å². The lowest BCUT2D eigenvalue weighted by molar-refractivity contribution is -0.143. The Hall–Kier alpha value is -3.04. The van der Waals surface area contributed by atoms with Gasteiger partial charge in [-0.05, 0) is 55.3 Å². The number of benzene rings is 2. The van der Waals surface area contributed by atoms with Crippen molar-refractivity contribution in [2.24, 2.45) is 5.92 Å². The van der Waals surface area contributed by atoms with E-state index in [1.807, 2.05) is 5.32 Å². The van der Waals surface area contributed by atoms with Crippen molar-refractivity contribution in [1.29, 1.82) is 0 Å². The van der Waals surface area contributed by atoms with Crippen molar-refractivity contribution in [1.82, 2.24) is 0 Å². The zero-order chi connectivity index (χ0) is 21.4. The summed E-state index contributed by atoms with van der Waals surface area (Å²) >= 11 is 0. The molecule has 0 bridgehead atoms. The predicted molar refractivity (Wildman–Crippen MR) is 92.2 cm³/mol. The Labute approximate surface area is 160 Å². The minimum absolute atomic E-state index is 0.000362. The lowest BCUT2D eigenvalue weighted by atomic mass is 10.1. The van der Waals surface area contributed by atoms with Crippen LogP contribution >= 0.6 is 0 Å². The molecule has 1 aliphatic rings. The molecule has 0 aromatic heterocycles. The molecule has 4 nitrogen and oxygen atoms in total. The van der Waals surface area contributed by atoms with Crippen LogP contribution in [0.1, 0.15) is 34.3 Å². The van der Waals surface area contributed by atoms with Crippen LogP contribution in [0.3, 0.4) is 0 Å². The minimum atomic E-state index is -5.01. The molecule has 1 aliphatic carbocycles. The van der Waals surface area contributed by atoms with Gasteiger partial charge in [-0.1, -0.05) is 0 Å². The number of hydrogen-bond acceptors (Lipinski definition) is 2. The quantitative estimate of drug-likeness (QED) is 0.663. The van der Waals surface area contributed by atoms with E-state index >= 15 is 0 Å². The zero-order valence-corrected chi connectivity index (χ0v) is 14.6. The summed E-state index contributed by atoms with van der Waals surface area (Å²) in [6, 6.07) is 6.28. The highest BCUT2D eigenvalue weighted by atomic mass is 19.4. The summed E-state index contributed by atoms with van der Waals surface area (Å²) in [6.45, 7) is 0. The molecule has 2 aromatic carbocycles. The highest BCUT2D eigenvalue weighted by molar-refractivity contribution is 6.04. The number of amides is 2. The van der Waals surface area contributed by atoms with Gasteiger partial charge in [-0.15, -0.1) is 0 Å². The van der Waals surface area contributed by atoms with Crippen molar-refractivity contribution in [2.75, 3.05) is 10.6 Å². The summed E-state index contributed by atoms with van der Waals surface area (Å²) < 4.78 is 77.4. The molecule has 0 heterocycles. The van der Waals surface area contributed by atoms with Crippen molar-refractivity contribution < 1.29 is 35.9 Å². The van der Waals surface area contributed by atoms with Gasteiger partial charge in [0.05, 0.1) is 11.1 Å². The summed E-state index contributed by atoms with van der Waals surface area (Å²) in [5, 5.41) is 4.69. The molecule has 154 valence electrons. The number of anilines is 2. The van der Waals surface area contributed by atoms with Gasteiger partial charge in [-0.25, -0.2) is 0 Å². The summed E-state index contributed by atoms with van der Waals surface area (Å²) in [6.07, 6.45) is -8.41. The maximum atomic E-state index is 12.9. The molecule has 0 atom stereocenters. The van der Waals surface area contributed by atoms with Crippen LogP contribution in [0, 0.1) is 5.92 Å². The van der Waals surface area contributed by atoms with E-state index in [2.05, 4.69) is 5.32 Å². The van der Waals surface area contributed by atoms with Gasteiger partial charge in [0, 0.05) is 22.9 Å². The van der Waals surface area contributed by atoms with Crippen LogP contribution in [0.2, 0.25) is 0 Å². The highest BCUT2D eigenvalue weighted by Crippen LogP contribution is 2.37. The Morgan fingerprint density at radius 2 is 1.28 bits per heavy atom. The van der Waals surface area contributed by atoms with E-state index in [9.17, 15) is 35.9 Å². The molecule has 2 N–H and O–H groups in total. The van der Waals surface area contributed by atoms with Crippen molar-refractivity contribution in [3.8, 4) is 0 Å². The molecule has 29 heavy (non-hydrogen) atoms. The van der Waals surface area contributed by atoms with Crippen molar-refractivity contribution in [3.05, 3.63) is 59.2 Å². The summed E-state index contributed by atoms with van der Waals surface area (Å²) in [4.78, 5) is 23.9. The van der Waals surface area contributed by atoms with E-state index in [4.69, 9.17) is 0 Å². The summed E-state index contributed by atoms with van der Waals surface area (Å²) in [7, 11) is 0. The van der Waals surface area contributed by atoms with Crippen molar-refractivity contribution in [2.45, 2.75) is 25.2 Å². The van der Waals surface area contributed by atoms with Gasteiger partial charge in [-0.2, -0.15) is 26.3 Å². The first-order valence-corrected chi connectivity index (χ1v) is 8.45. The fourth-order valence-electron chi connectivity index (χ4n) is 2.53. The van der Waals surface area contributed by atoms with Crippen LogP contribution in [0.25, 0.3) is 0 Å². The highest BCUT2D eigenvalue weighted by Gasteiger charge is 2.37. The smallest absolute Gasteiger partial charge is 0.326 e.